The molecular formula is C16H18BrNO. The highest BCUT2D eigenvalue weighted by atomic mass is 79.9. The Morgan fingerprint density at radius 1 is 1.16 bits per heavy atom. The van der Waals surface area contributed by atoms with E-state index in [-0.39, 0.29) is 0 Å². The molecule has 0 amide bonds. The minimum atomic E-state index is 0.317. The fourth-order valence-corrected chi connectivity index (χ4v) is 2.46. The van der Waals surface area contributed by atoms with Gasteiger partial charge in [-0.15, -0.1) is 0 Å². The Morgan fingerprint density at radius 2 is 1.89 bits per heavy atom. The third-order valence-electron chi connectivity index (χ3n) is 3.09. The van der Waals surface area contributed by atoms with Crippen molar-refractivity contribution in [3.8, 4) is 5.75 Å². The zero-order chi connectivity index (χ0) is 13.8. The third kappa shape index (κ3) is 3.51. The Labute approximate surface area is 122 Å². The molecule has 0 bridgehead atoms. The first-order valence-corrected chi connectivity index (χ1v) is 7.17. The Balaban J connectivity index is 2.17. The molecule has 0 aliphatic heterocycles. The first-order chi connectivity index (χ1) is 9.08. The second-order valence-corrected chi connectivity index (χ2v) is 5.78. The maximum absolute atomic E-state index is 9.83. The molecule has 0 atom stereocenters. The van der Waals surface area contributed by atoms with Gasteiger partial charge in [-0.25, -0.2) is 0 Å². The van der Waals surface area contributed by atoms with Gasteiger partial charge in [-0.1, -0.05) is 48.0 Å². The smallest absolute Gasteiger partial charge is 0.120 e. The lowest BCUT2D eigenvalue weighted by molar-refractivity contribution is 0.469. The molecule has 2 N–H and O–H groups in total. The average Bonchev–Trinajstić information content (AvgIpc) is 2.40. The van der Waals surface area contributed by atoms with Crippen LogP contribution in [-0.4, -0.2) is 5.11 Å². The summed E-state index contributed by atoms with van der Waals surface area (Å²) in [5, 5.41) is 13.2. The number of para-hydroxylation sites is 1. The van der Waals surface area contributed by atoms with E-state index in [4.69, 9.17) is 0 Å². The van der Waals surface area contributed by atoms with Crippen molar-refractivity contribution in [2.45, 2.75) is 26.3 Å². The second kappa shape index (κ2) is 6.11. The molecule has 2 nitrogen and oxygen atoms in total. The Kier molecular flexibility index (Phi) is 4.48. The van der Waals surface area contributed by atoms with Crippen molar-refractivity contribution < 1.29 is 5.11 Å². The second-order valence-electron chi connectivity index (χ2n) is 4.87. The maximum Gasteiger partial charge on any atom is 0.120 e. The lowest BCUT2D eigenvalue weighted by atomic mass is 10.0. The molecule has 3 heteroatoms. The van der Waals surface area contributed by atoms with Crippen LogP contribution in [0.25, 0.3) is 0 Å². The van der Waals surface area contributed by atoms with Gasteiger partial charge in [0, 0.05) is 22.3 Å². The highest BCUT2D eigenvalue weighted by Gasteiger charge is 2.07. The van der Waals surface area contributed by atoms with Gasteiger partial charge in [-0.2, -0.15) is 0 Å². The minimum Gasteiger partial charge on any atom is -0.508 e. The lowest BCUT2D eigenvalue weighted by Crippen LogP contribution is -2.03. The summed E-state index contributed by atoms with van der Waals surface area (Å²) in [6.07, 6.45) is 0. The van der Waals surface area contributed by atoms with Crippen LogP contribution in [0.1, 0.15) is 30.9 Å². The zero-order valence-corrected chi connectivity index (χ0v) is 12.7. The van der Waals surface area contributed by atoms with E-state index in [2.05, 4.69) is 53.3 Å². The molecule has 0 heterocycles. The predicted molar refractivity (Wildman–Crippen MR) is 83.7 cm³/mol. The molecule has 100 valence electrons. The van der Waals surface area contributed by atoms with Crippen LogP contribution >= 0.6 is 15.9 Å². The number of anilines is 1. The van der Waals surface area contributed by atoms with Crippen molar-refractivity contribution in [3.05, 3.63) is 58.1 Å². The van der Waals surface area contributed by atoms with Crippen LogP contribution in [0.15, 0.2) is 46.9 Å². The van der Waals surface area contributed by atoms with Gasteiger partial charge >= 0.3 is 0 Å². The lowest BCUT2D eigenvalue weighted by Gasteiger charge is -2.15. The van der Waals surface area contributed by atoms with Crippen molar-refractivity contribution in [2.24, 2.45) is 0 Å². The van der Waals surface area contributed by atoms with E-state index in [0.717, 1.165) is 15.7 Å². The van der Waals surface area contributed by atoms with Gasteiger partial charge < -0.3 is 10.4 Å². The molecule has 0 aliphatic rings. The third-order valence-corrected chi connectivity index (χ3v) is 3.59. The van der Waals surface area contributed by atoms with Crippen LogP contribution in [0.3, 0.4) is 0 Å². The number of phenols is 1. The van der Waals surface area contributed by atoms with Crippen LogP contribution < -0.4 is 5.32 Å². The Morgan fingerprint density at radius 3 is 2.63 bits per heavy atom. The van der Waals surface area contributed by atoms with E-state index in [1.165, 1.54) is 5.56 Å². The van der Waals surface area contributed by atoms with E-state index in [1.807, 2.05) is 18.2 Å². The van der Waals surface area contributed by atoms with E-state index >= 15 is 0 Å². The monoisotopic (exact) mass is 319 g/mol. The molecule has 0 saturated heterocycles. The molecule has 0 unspecified atom stereocenters. The van der Waals surface area contributed by atoms with Crippen LogP contribution in [-0.2, 0) is 6.54 Å². The topological polar surface area (TPSA) is 32.3 Å². The number of hydrogen-bond acceptors (Lipinski definition) is 2. The van der Waals surface area contributed by atoms with E-state index in [1.54, 1.807) is 6.07 Å². The van der Waals surface area contributed by atoms with Gasteiger partial charge in [0.2, 0.25) is 0 Å². The summed E-state index contributed by atoms with van der Waals surface area (Å²) in [5.41, 5.74) is 3.29. The fourth-order valence-electron chi connectivity index (χ4n) is 2.05. The number of hydrogen-bond donors (Lipinski definition) is 2. The van der Waals surface area contributed by atoms with Crippen molar-refractivity contribution in [2.75, 3.05) is 5.32 Å². The summed E-state index contributed by atoms with van der Waals surface area (Å²) in [5.74, 6) is 0.789. The standard InChI is InChI=1S/C16H18BrNO/c1-11(2)14-5-3-4-6-15(14)18-10-12-9-13(17)7-8-16(12)19/h3-9,11,18-19H,10H2,1-2H3. The summed E-state index contributed by atoms with van der Waals surface area (Å²) >= 11 is 3.42. The molecule has 0 fully saturated rings. The minimum absolute atomic E-state index is 0.317. The molecule has 19 heavy (non-hydrogen) atoms. The van der Waals surface area contributed by atoms with Gasteiger partial charge in [0.15, 0.2) is 0 Å². The fraction of sp³-hybridized carbons (Fsp3) is 0.250. The molecule has 0 radical (unpaired) electrons. The average molecular weight is 320 g/mol. The first kappa shape index (κ1) is 13.9. The molecule has 0 saturated carbocycles. The Bertz CT molecular complexity index is 566. The maximum atomic E-state index is 9.83. The highest BCUT2D eigenvalue weighted by Crippen LogP contribution is 2.26. The summed E-state index contributed by atoms with van der Waals surface area (Å²) in [7, 11) is 0. The SMILES string of the molecule is CC(C)c1ccccc1NCc1cc(Br)ccc1O. The van der Waals surface area contributed by atoms with Crippen LogP contribution in [0.2, 0.25) is 0 Å². The van der Waals surface area contributed by atoms with E-state index in [9.17, 15) is 5.11 Å². The number of benzene rings is 2. The van der Waals surface area contributed by atoms with Gasteiger partial charge in [0.1, 0.15) is 5.75 Å². The van der Waals surface area contributed by atoms with Crippen molar-refractivity contribution in [1.82, 2.24) is 0 Å². The van der Waals surface area contributed by atoms with Crippen LogP contribution in [0.5, 0.6) is 5.75 Å². The van der Waals surface area contributed by atoms with E-state index in [0.29, 0.717) is 18.2 Å². The number of aromatic hydroxyl groups is 1. The molecular weight excluding hydrogens is 302 g/mol. The normalized spacial score (nSPS) is 10.7. The number of rotatable bonds is 4. The molecule has 0 aromatic heterocycles. The highest BCUT2D eigenvalue weighted by molar-refractivity contribution is 9.10. The number of halogens is 1. The van der Waals surface area contributed by atoms with Gasteiger partial charge in [0.05, 0.1) is 0 Å². The first-order valence-electron chi connectivity index (χ1n) is 6.38. The summed E-state index contributed by atoms with van der Waals surface area (Å²) in [6, 6.07) is 13.8. The molecule has 2 aromatic rings. The van der Waals surface area contributed by atoms with Crippen molar-refractivity contribution in [1.29, 1.82) is 0 Å². The number of nitrogens with one attached hydrogen (secondary N) is 1. The quantitative estimate of drug-likeness (QED) is 0.840. The van der Waals surface area contributed by atoms with Crippen LogP contribution in [0.4, 0.5) is 5.69 Å². The number of phenolic OH excluding ortho intramolecular Hbond substituents is 1. The zero-order valence-electron chi connectivity index (χ0n) is 11.2. The molecule has 2 aromatic carbocycles. The molecule has 0 spiro atoms. The molecule has 0 aliphatic carbocycles. The molecule has 2 rings (SSSR count). The van der Waals surface area contributed by atoms with E-state index < -0.39 is 0 Å². The van der Waals surface area contributed by atoms with Crippen LogP contribution in [0, 0.1) is 0 Å². The van der Waals surface area contributed by atoms with Crippen molar-refractivity contribution in [3.63, 3.8) is 0 Å². The van der Waals surface area contributed by atoms with Gasteiger partial charge in [0.25, 0.3) is 0 Å². The van der Waals surface area contributed by atoms with Gasteiger partial charge in [-0.3, -0.25) is 0 Å². The largest absolute Gasteiger partial charge is 0.508 e. The summed E-state index contributed by atoms with van der Waals surface area (Å²) in [6.45, 7) is 4.96. The Hall–Kier alpha value is -1.48. The van der Waals surface area contributed by atoms with Gasteiger partial charge in [-0.05, 0) is 35.7 Å². The van der Waals surface area contributed by atoms with Crippen molar-refractivity contribution >= 4 is 21.6 Å². The summed E-state index contributed by atoms with van der Waals surface area (Å²) < 4.78 is 0.972. The summed E-state index contributed by atoms with van der Waals surface area (Å²) in [4.78, 5) is 0. The predicted octanol–water partition coefficient (Wildman–Crippen LogP) is 4.89.